The topological polar surface area (TPSA) is 30.5 Å². The Morgan fingerprint density at radius 3 is 3.00 bits per heavy atom. The zero-order valence-corrected chi connectivity index (χ0v) is 11.0. The fraction of sp³-hybridized carbons (Fsp3) is 0.600. The van der Waals surface area contributed by atoms with Gasteiger partial charge < -0.3 is 14.8 Å². The standard InChI is InChI=1S/C15H21NO2/c1-11-7-13(8-12-3-2-4-16-10-12)9-14-15(11)18-6-5-17-14/h7,9,12,16H,2-6,8,10H2,1H3. The summed E-state index contributed by atoms with van der Waals surface area (Å²) in [5.74, 6) is 2.63. The van der Waals surface area contributed by atoms with E-state index >= 15 is 0 Å². The van der Waals surface area contributed by atoms with Gasteiger partial charge in [-0.15, -0.1) is 0 Å². The molecule has 2 heterocycles. The lowest BCUT2D eigenvalue weighted by atomic mass is 9.91. The van der Waals surface area contributed by atoms with Gasteiger partial charge in [0.15, 0.2) is 11.5 Å². The van der Waals surface area contributed by atoms with Crippen LogP contribution in [0, 0.1) is 12.8 Å². The molecule has 0 spiro atoms. The number of fused-ring (bicyclic) bond motifs is 1. The summed E-state index contributed by atoms with van der Waals surface area (Å²) in [7, 11) is 0. The fourth-order valence-electron chi connectivity index (χ4n) is 2.95. The van der Waals surface area contributed by atoms with Crippen molar-refractivity contribution < 1.29 is 9.47 Å². The fourth-order valence-corrected chi connectivity index (χ4v) is 2.95. The van der Waals surface area contributed by atoms with Gasteiger partial charge in [0, 0.05) is 0 Å². The van der Waals surface area contributed by atoms with Gasteiger partial charge in [0.25, 0.3) is 0 Å². The van der Waals surface area contributed by atoms with E-state index in [1.165, 1.54) is 30.5 Å². The molecule has 3 heteroatoms. The summed E-state index contributed by atoms with van der Waals surface area (Å²) >= 11 is 0. The Hall–Kier alpha value is -1.22. The van der Waals surface area contributed by atoms with Crippen molar-refractivity contribution >= 4 is 0 Å². The Kier molecular flexibility index (Phi) is 3.41. The Balaban J connectivity index is 1.77. The number of ether oxygens (including phenoxy) is 2. The predicted octanol–water partition coefficient (Wildman–Crippen LogP) is 2.31. The largest absolute Gasteiger partial charge is 0.486 e. The first-order valence-electron chi connectivity index (χ1n) is 6.93. The molecular formula is C15H21NO2. The highest BCUT2D eigenvalue weighted by Crippen LogP contribution is 2.35. The highest BCUT2D eigenvalue weighted by atomic mass is 16.6. The summed E-state index contributed by atoms with van der Waals surface area (Å²) in [5.41, 5.74) is 2.58. The molecule has 0 aliphatic carbocycles. The lowest BCUT2D eigenvalue weighted by Gasteiger charge is -2.25. The van der Waals surface area contributed by atoms with Gasteiger partial charge in [-0.1, -0.05) is 6.07 Å². The molecule has 2 aliphatic rings. The zero-order valence-electron chi connectivity index (χ0n) is 11.0. The quantitative estimate of drug-likeness (QED) is 0.870. The summed E-state index contributed by atoms with van der Waals surface area (Å²) in [5, 5.41) is 3.48. The monoisotopic (exact) mass is 247 g/mol. The van der Waals surface area contributed by atoms with Crippen LogP contribution in [0.25, 0.3) is 0 Å². The van der Waals surface area contributed by atoms with Crippen molar-refractivity contribution in [3.8, 4) is 11.5 Å². The van der Waals surface area contributed by atoms with E-state index in [-0.39, 0.29) is 0 Å². The van der Waals surface area contributed by atoms with Crippen molar-refractivity contribution in [3.63, 3.8) is 0 Å². The molecule has 0 amide bonds. The number of benzene rings is 1. The van der Waals surface area contributed by atoms with Crippen molar-refractivity contribution in [3.05, 3.63) is 23.3 Å². The SMILES string of the molecule is Cc1cc(CC2CCCNC2)cc2c1OCCO2. The first kappa shape index (κ1) is 11.8. The molecule has 18 heavy (non-hydrogen) atoms. The van der Waals surface area contributed by atoms with Crippen LogP contribution in [0.1, 0.15) is 24.0 Å². The molecule has 3 nitrogen and oxygen atoms in total. The lowest BCUT2D eigenvalue weighted by molar-refractivity contribution is 0.170. The number of hydrogen-bond acceptors (Lipinski definition) is 3. The molecule has 1 saturated heterocycles. The minimum atomic E-state index is 0.666. The average molecular weight is 247 g/mol. The van der Waals surface area contributed by atoms with E-state index in [2.05, 4.69) is 24.4 Å². The summed E-state index contributed by atoms with van der Waals surface area (Å²) in [6, 6.07) is 4.41. The van der Waals surface area contributed by atoms with Crippen molar-refractivity contribution in [2.45, 2.75) is 26.2 Å². The molecule has 0 aromatic heterocycles. The second-order valence-electron chi connectivity index (χ2n) is 5.35. The van der Waals surface area contributed by atoms with Gasteiger partial charge in [0.2, 0.25) is 0 Å². The van der Waals surface area contributed by atoms with E-state index in [0.29, 0.717) is 13.2 Å². The van der Waals surface area contributed by atoms with E-state index in [1.54, 1.807) is 0 Å². The summed E-state index contributed by atoms with van der Waals surface area (Å²) in [6.45, 7) is 5.76. The average Bonchev–Trinajstić information content (AvgIpc) is 2.40. The summed E-state index contributed by atoms with van der Waals surface area (Å²) in [4.78, 5) is 0. The van der Waals surface area contributed by atoms with Crippen molar-refractivity contribution in [2.24, 2.45) is 5.92 Å². The van der Waals surface area contributed by atoms with Crippen molar-refractivity contribution in [1.29, 1.82) is 0 Å². The maximum Gasteiger partial charge on any atom is 0.164 e. The molecule has 1 fully saturated rings. The van der Waals surface area contributed by atoms with Crippen LogP contribution in [0.2, 0.25) is 0 Å². The minimum Gasteiger partial charge on any atom is -0.486 e. The van der Waals surface area contributed by atoms with E-state index < -0.39 is 0 Å². The first-order valence-corrected chi connectivity index (χ1v) is 6.93. The number of piperidine rings is 1. The summed E-state index contributed by atoms with van der Waals surface area (Å²) in [6.07, 6.45) is 3.78. The van der Waals surface area contributed by atoms with E-state index in [4.69, 9.17) is 9.47 Å². The maximum absolute atomic E-state index is 5.69. The van der Waals surface area contributed by atoms with E-state index in [9.17, 15) is 0 Å². The van der Waals surface area contributed by atoms with E-state index in [0.717, 1.165) is 30.4 Å². The summed E-state index contributed by atoms with van der Waals surface area (Å²) < 4.78 is 11.4. The second-order valence-corrected chi connectivity index (χ2v) is 5.35. The molecule has 1 aromatic rings. The normalized spacial score (nSPS) is 22.8. The Morgan fingerprint density at radius 2 is 2.17 bits per heavy atom. The van der Waals surface area contributed by atoms with Crippen molar-refractivity contribution in [1.82, 2.24) is 5.32 Å². The van der Waals surface area contributed by atoms with Crippen LogP contribution in [-0.4, -0.2) is 26.3 Å². The lowest BCUT2D eigenvalue weighted by Crippen LogP contribution is -2.30. The molecular weight excluding hydrogens is 226 g/mol. The predicted molar refractivity (Wildman–Crippen MR) is 71.5 cm³/mol. The molecule has 1 N–H and O–H groups in total. The van der Waals surface area contributed by atoms with Gasteiger partial charge in [-0.2, -0.15) is 0 Å². The van der Waals surface area contributed by atoms with Crippen LogP contribution >= 0.6 is 0 Å². The second kappa shape index (κ2) is 5.19. The third-order valence-corrected chi connectivity index (χ3v) is 3.81. The van der Waals surface area contributed by atoms with Gasteiger partial charge >= 0.3 is 0 Å². The van der Waals surface area contributed by atoms with Crippen molar-refractivity contribution in [2.75, 3.05) is 26.3 Å². The Morgan fingerprint density at radius 1 is 1.28 bits per heavy atom. The van der Waals surface area contributed by atoms with Crippen LogP contribution in [0.4, 0.5) is 0 Å². The molecule has 0 radical (unpaired) electrons. The molecule has 1 aromatic carbocycles. The van der Waals surface area contributed by atoms with Crippen LogP contribution in [-0.2, 0) is 6.42 Å². The molecule has 98 valence electrons. The molecule has 1 unspecified atom stereocenters. The molecule has 0 saturated carbocycles. The Bertz CT molecular complexity index is 425. The molecule has 3 rings (SSSR count). The smallest absolute Gasteiger partial charge is 0.164 e. The molecule has 1 atom stereocenters. The number of rotatable bonds is 2. The highest BCUT2D eigenvalue weighted by Gasteiger charge is 2.18. The third kappa shape index (κ3) is 2.46. The van der Waals surface area contributed by atoms with Crippen LogP contribution in [0.5, 0.6) is 11.5 Å². The zero-order chi connectivity index (χ0) is 12.4. The van der Waals surface area contributed by atoms with Gasteiger partial charge in [0.05, 0.1) is 0 Å². The minimum absolute atomic E-state index is 0.666. The first-order chi connectivity index (χ1) is 8.83. The van der Waals surface area contributed by atoms with Crippen LogP contribution in [0.3, 0.4) is 0 Å². The maximum atomic E-state index is 5.69. The van der Waals surface area contributed by atoms with Crippen LogP contribution in [0.15, 0.2) is 12.1 Å². The van der Waals surface area contributed by atoms with E-state index in [1.807, 2.05) is 0 Å². The van der Waals surface area contributed by atoms with Gasteiger partial charge in [-0.05, 0) is 62.4 Å². The number of aryl methyl sites for hydroxylation is 1. The van der Waals surface area contributed by atoms with Gasteiger partial charge in [0.1, 0.15) is 13.2 Å². The van der Waals surface area contributed by atoms with Crippen LogP contribution < -0.4 is 14.8 Å². The molecule has 2 aliphatic heterocycles. The van der Waals surface area contributed by atoms with Gasteiger partial charge in [-0.25, -0.2) is 0 Å². The highest BCUT2D eigenvalue weighted by molar-refractivity contribution is 5.49. The molecule has 0 bridgehead atoms. The number of nitrogens with one attached hydrogen (secondary N) is 1. The number of hydrogen-bond donors (Lipinski definition) is 1. The van der Waals surface area contributed by atoms with Gasteiger partial charge in [-0.3, -0.25) is 0 Å². The third-order valence-electron chi connectivity index (χ3n) is 3.81. The Labute approximate surface area is 108 Å².